The molecule has 0 saturated heterocycles. The third-order valence-electron chi connectivity index (χ3n) is 5.47. The summed E-state index contributed by atoms with van der Waals surface area (Å²) in [7, 11) is 0.189. The smallest absolute Gasteiger partial charge is 0.411 e. The zero-order valence-corrected chi connectivity index (χ0v) is 21.1. The molecule has 6 nitrogen and oxygen atoms in total. The normalized spacial score (nSPS) is 16.2. The molecule has 1 N–H and O–H groups in total. The molecule has 0 radical (unpaired) electrons. The van der Waals surface area contributed by atoms with Gasteiger partial charge in [-0.3, -0.25) is 9.69 Å². The Morgan fingerprint density at radius 1 is 1.06 bits per heavy atom. The van der Waals surface area contributed by atoms with E-state index in [-0.39, 0.29) is 5.91 Å². The molecule has 2 aromatic rings. The summed E-state index contributed by atoms with van der Waals surface area (Å²) in [5.41, 5.74) is 1.85. The maximum atomic E-state index is 13.5. The number of amides is 2. The van der Waals surface area contributed by atoms with Gasteiger partial charge in [0, 0.05) is 12.2 Å². The van der Waals surface area contributed by atoms with Crippen LogP contribution in [0.5, 0.6) is 5.75 Å². The average molecular weight is 455 g/mol. The molecule has 2 aromatic carbocycles. The van der Waals surface area contributed by atoms with Crippen LogP contribution in [0.15, 0.2) is 42.5 Å². The average Bonchev–Trinajstić information content (AvgIpc) is 2.70. The number of ether oxygens (including phenoxy) is 2. The first-order valence-electron chi connectivity index (χ1n) is 11.0. The molecule has 0 aromatic heterocycles. The first kappa shape index (κ1) is 23.9. The van der Waals surface area contributed by atoms with Gasteiger partial charge in [-0.25, -0.2) is 4.79 Å². The van der Waals surface area contributed by atoms with E-state index in [0.29, 0.717) is 18.7 Å². The number of hydrogen-bond acceptors (Lipinski definition) is 4. The molecule has 0 spiro atoms. The minimum Gasteiger partial charge on any atom is -0.497 e. The van der Waals surface area contributed by atoms with Gasteiger partial charge in [0.15, 0.2) is 0 Å². The summed E-state index contributed by atoms with van der Waals surface area (Å²) < 4.78 is 11.0. The number of rotatable bonds is 4. The molecule has 0 saturated carbocycles. The van der Waals surface area contributed by atoms with E-state index in [0.717, 1.165) is 16.9 Å². The Kier molecular flexibility index (Phi) is 6.69. The van der Waals surface area contributed by atoms with Gasteiger partial charge in [0.05, 0.1) is 15.2 Å². The molecule has 1 atom stereocenters. The summed E-state index contributed by atoms with van der Waals surface area (Å²) in [6, 6.07) is 12.9. The molecule has 0 aliphatic carbocycles. The van der Waals surface area contributed by atoms with Crippen LogP contribution < -0.4 is 15.2 Å². The van der Waals surface area contributed by atoms with E-state index in [1.54, 1.807) is 7.11 Å². The van der Waals surface area contributed by atoms with Crippen molar-refractivity contribution in [1.82, 2.24) is 4.90 Å². The monoisotopic (exact) mass is 454 g/mol. The van der Waals surface area contributed by atoms with E-state index in [9.17, 15) is 9.59 Å². The molecule has 3 rings (SSSR count). The highest BCUT2D eigenvalue weighted by Crippen LogP contribution is 2.34. The third kappa shape index (κ3) is 5.51. The van der Waals surface area contributed by atoms with Crippen molar-refractivity contribution < 1.29 is 19.1 Å². The van der Waals surface area contributed by atoms with Crippen molar-refractivity contribution in [3.8, 4) is 5.75 Å². The van der Waals surface area contributed by atoms with Crippen LogP contribution in [-0.4, -0.2) is 44.2 Å². The fraction of sp³-hybridized carbons (Fsp3) is 0.440. The fourth-order valence-corrected chi connectivity index (χ4v) is 4.96. The molecular formula is C25H34N2O4Si. The second-order valence-electron chi connectivity index (χ2n) is 10.2. The first-order valence-corrected chi connectivity index (χ1v) is 14.5. The molecule has 7 heteroatoms. The molecule has 2 amide bonds. The van der Waals surface area contributed by atoms with Crippen molar-refractivity contribution in [3.63, 3.8) is 0 Å². The van der Waals surface area contributed by atoms with Crippen LogP contribution in [0.2, 0.25) is 19.6 Å². The van der Waals surface area contributed by atoms with Crippen molar-refractivity contribution in [3.05, 3.63) is 53.6 Å². The Morgan fingerprint density at radius 2 is 1.72 bits per heavy atom. The molecule has 32 heavy (non-hydrogen) atoms. The Balaban J connectivity index is 1.92. The van der Waals surface area contributed by atoms with Crippen LogP contribution >= 0.6 is 0 Å². The highest BCUT2D eigenvalue weighted by atomic mass is 28.3. The summed E-state index contributed by atoms with van der Waals surface area (Å²) in [6.45, 7) is 12.7. The lowest BCUT2D eigenvalue weighted by Gasteiger charge is -2.37. The van der Waals surface area contributed by atoms with Gasteiger partial charge in [-0.05, 0) is 62.6 Å². The van der Waals surface area contributed by atoms with Crippen LogP contribution in [0.4, 0.5) is 10.5 Å². The second-order valence-corrected chi connectivity index (χ2v) is 15.3. The SMILES string of the molecule is COc1ccc2c(c1)CCN(C(=O)OC(C)(C)C)C2C(=O)Nc1ccc([Si](C)(C)C)cc1. The fourth-order valence-electron chi connectivity index (χ4n) is 3.79. The zero-order chi connectivity index (χ0) is 23.7. The number of methoxy groups -OCH3 is 1. The number of anilines is 1. The summed E-state index contributed by atoms with van der Waals surface area (Å²) in [5.74, 6) is 0.471. The molecule has 1 unspecified atom stereocenters. The van der Waals surface area contributed by atoms with Gasteiger partial charge in [-0.15, -0.1) is 0 Å². The topological polar surface area (TPSA) is 67.9 Å². The lowest BCUT2D eigenvalue weighted by molar-refractivity contribution is -0.121. The van der Waals surface area contributed by atoms with Crippen LogP contribution in [0.3, 0.4) is 0 Å². The highest BCUT2D eigenvalue weighted by molar-refractivity contribution is 6.88. The van der Waals surface area contributed by atoms with Gasteiger partial charge in [-0.1, -0.05) is 43.0 Å². The largest absolute Gasteiger partial charge is 0.497 e. The zero-order valence-electron chi connectivity index (χ0n) is 20.1. The Labute approximate surface area is 191 Å². The molecule has 1 heterocycles. The number of hydrogen-bond donors (Lipinski definition) is 1. The maximum absolute atomic E-state index is 13.5. The van der Waals surface area contributed by atoms with E-state index in [1.165, 1.54) is 10.1 Å². The molecule has 0 fully saturated rings. The van der Waals surface area contributed by atoms with Gasteiger partial charge in [0.1, 0.15) is 17.4 Å². The van der Waals surface area contributed by atoms with E-state index in [4.69, 9.17) is 9.47 Å². The first-order chi connectivity index (χ1) is 14.9. The Morgan fingerprint density at radius 3 is 2.28 bits per heavy atom. The molecular weight excluding hydrogens is 420 g/mol. The Bertz CT molecular complexity index is 990. The number of nitrogens with zero attached hydrogens (tertiary/aromatic N) is 1. The molecule has 1 aliphatic heterocycles. The lowest BCUT2D eigenvalue weighted by Crippen LogP contribution is -2.47. The van der Waals surface area contributed by atoms with E-state index >= 15 is 0 Å². The Hall–Kier alpha value is -2.80. The van der Waals surface area contributed by atoms with E-state index in [1.807, 2.05) is 51.1 Å². The van der Waals surface area contributed by atoms with Gasteiger partial charge in [-0.2, -0.15) is 0 Å². The van der Waals surface area contributed by atoms with Gasteiger partial charge >= 0.3 is 6.09 Å². The standard InChI is InChI=1S/C25H34N2O4Si/c1-25(2,3)31-24(29)27-15-14-17-16-19(30-4)10-13-21(17)22(27)23(28)26-18-8-11-20(12-9-18)32(5,6)7/h8-13,16,22H,14-15H2,1-7H3,(H,26,28). The molecule has 0 bridgehead atoms. The summed E-state index contributed by atoms with van der Waals surface area (Å²) in [4.78, 5) is 28.0. The van der Waals surface area contributed by atoms with Gasteiger partial charge < -0.3 is 14.8 Å². The van der Waals surface area contributed by atoms with Crippen molar-refractivity contribution in [2.45, 2.75) is 58.5 Å². The van der Waals surface area contributed by atoms with Gasteiger partial charge in [0.2, 0.25) is 0 Å². The van der Waals surface area contributed by atoms with E-state index < -0.39 is 25.8 Å². The number of fused-ring (bicyclic) bond motifs is 1. The molecule has 172 valence electrons. The van der Waals surface area contributed by atoms with Crippen LogP contribution in [0, 0.1) is 0 Å². The summed E-state index contributed by atoms with van der Waals surface area (Å²) in [5, 5.41) is 4.32. The number of carbonyl (C=O) groups is 2. The van der Waals surface area contributed by atoms with Crippen molar-refractivity contribution in [2.24, 2.45) is 0 Å². The van der Waals surface area contributed by atoms with Crippen molar-refractivity contribution in [1.29, 1.82) is 0 Å². The predicted octanol–water partition coefficient (Wildman–Crippen LogP) is 4.71. The third-order valence-corrected chi connectivity index (χ3v) is 7.54. The van der Waals surface area contributed by atoms with Crippen LogP contribution in [0.1, 0.15) is 37.9 Å². The molecule has 1 aliphatic rings. The second kappa shape index (κ2) is 8.98. The van der Waals surface area contributed by atoms with Crippen LogP contribution in [-0.2, 0) is 16.0 Å². The number of benzene rings is 2. The predicted molar refractivity (Wildman–Crippen MR) is 130 cm³/mol. The summed E-state index contributed by atoms with van der Waals surface area (Å²) >= 11 is 0. The summed E-state index contributed by atoms with van der Waals surface area (Å²) in [6.07, 6.45) is 0.133. The minimum absolute atomic E-state index is 0.261. The van der Waals surface area contributed by atoms with E-state index in [2.05, 4.69) is 37.1 Å². The maximum Gasteiger partial charge on any atom is 0.411 e. The van der Waals surface area contributed by atoms with Gasteiger partial charge in [0.25, 0.3) is 5.91 Å². The van der Waals surface area contributed by atoms with Crippen LogP contribution in [0.25, 0.3) is 0 Å². The highest BCUT2D eigenvalue weighted by Gasteiger charge is 2.38. The number of carbonyl (C=O) groups excluding carboxylic acids is 2. The van der Waals surface area contributed by atoms with Crippen molar-refractivity contribution in [2.75, 3.05) is 19.0 Å². The minimum atomic E-state index is -1.43. The van der Waals surface area contributed by atoms with Crippen molar-refractivity contribution >= 4 is 30.9 Å². The number of nitrogens with one attached hydrogen (secondary N) is 1. The quantitative estimate of drug-likeness (QED) is 0.679. The lowest BCUT2D eigenvalue weighted by atomic mass is 9.92.